The summed E-state index contributed by atoms with van der Waals surface area (Å²) in [6, 6.07) is 0. The molecule has 0 unspecified atom stereocenters. The number of amides is 1. The monoisotopic (exact) mass is 609 g/mol. The van der Waals surface area contributed by atoms with Crippen molar-refractivity contribution < 1.29 is 19.4 Å². The first-order valence-corrected chi connectivity index (χ1v) is 18.4. The van der Waals surface area contributed by atoms with E-state index >= 15 is 0 Å². The van der Waals surface area contributed by atoms with Gasteiger partial charge in [-0.05, 0) is 129 Å². The van der Waals surface area contributed by atoms with Gasteiger partial charge in [-0.15, -0.1) is 0 Å². The number of ether oxygens (including phenoxy) is 1. The van der Waals surface area contributed by atoms with Crippen LogP contribution in [-0.2, 0) is 14.3 Å². The van der Waals surface area contributed by atoms with E-state index in [0.29, 0.717) is 41.4 Å². The second kappa shape index (κ2) is 11.1. The molecule has 1 amide bonds. The zero-order valence-electron chi connectivity index (χ0n) is 29.3. The van der Waals surface area contributed by atoms with E-state index < -0.39 is 0 Å². The van der Waals surface area contributed by atoms with Gasteiger partial charge in [-0.1, -0.05) is 60.1 Å². The van der Waals surface area contributed by atoms with Crippen molar-refractivity contribution in [3.63, 3.8) is 0 Å². The van der Waals surface area contributed by atoms with Crippen molar-refractivity contribution in [1.82, 2.24) is 4.90 Å². The predicted octanol–water partition coefficient (Wildman–Crippen LogP) is 8.20. The number of carbonyl (C=O) groups is 2. The number of piperidine rings is 1. The maximum atomic E-state index is 14.8. The van der Waals surface area contributed by atoms with Gasteiger partial charge in [0.25, 0.3) is 0 Å². The molecule has 0 spiro atoms. The third kappa shape index (κ3) is 4.54. The molecule has 0 aromatic carbocycles. The standard InChI is InChI=1S/C39H63NO4/c1-25-11-19-39(34(43)40-22-14-28(15-23-40)16-24-41)21-20-37(7)29(33(39)26(25)2)9-10-31-36(6)17-13-32(44-27(3)42)35(4,5)30(36)12-18-38(31,37)8/h9,25-26,28,30-33,41H,10-24H2,1-8H3/t25-,26+,30+,31-,32+,33+,36+,37-,38-,39+/m1/s1. The minimum atomic E-state index is -0.254. The lowest BCUT2D eigenvalue weighted by atomic mass is 9.33. The fourth-order valence-corrected chi connectivity index (χ4v) is 13.2. The highest BCUT2D eigenvalue weighted by molar-refractivity contribution is 5.84. The van der Waals surface area contributed by atoms with E-state index in [-0.39, 0.29) is 45.8 Å². The quantitative estimate of drug-likeness (QED) is 0.258. The number of carbonyl (C=O) groups excluding carboxylic acids is 2. The summed E-state index contributed by atoms with van der Waals surface area (Å²) in [4.78, 5) is 29.1. The lowest BCUT2D eigenvalue weighted by molar-refractivity contribution is -0.213. The number of likely N-dealkylation sites (tertiary alicyclic amines) is 1. The van der Waals surface area contributed by atoms with Crippen molar-refractivity contribution in [2.75, 3.05) is 19.7 Å². The van der Waals surface area contributed by atoms with Crippen LogP contribution in [0.1, 0.15) is 132 Å². The predicted molar refractivity (Wildman–Crippen MR) is 176 cm³/mol. The number of aliphatic hydroxyl groups excluding tert-OH is 1. The van der Waals surface area contributed by atoms with Gasteiger partial charge in [0, 0.05) is 32.0 Å². The van der Waals surface area contributed by atoms with Crippen molar-refractivity contribution in [2.24, 2.45) is 62.6 Å². The molecule has 1 N–H and O–H groups in total. The Labute approximate surface area is 268 Å². The van der Waals surface area contributed by atoms with Crippen molar-refractivity contribution >= 4 is 11.9 Å². The lowest BCUT2D eigenvalue weighted by Crippen LogP contribution is -2.66. The average Bonchev–Trinajstić information content (AvgIpc) is 2.97. The summed E-state index contributed by atoms with van der Waals surface area (Å²) in [6.07, 6.45) is 15.6. The van der Waals surface area contributed by atoms with Gasteiger partial charge < -0.3 is 14.7 Å². The molecule has 6 aliphatic rings. The molecule has 0 aromatic heterocycles. The van der Waals surface area contributed by atoms with Gasteiger partial charge in [0.1, 0.15) is 6.10 Å². The summed E-state index contributed by atoms with van der Waals surface area (Å²) in [5.41, 5.74) is 1.89. The second-order valence-electron chi connectivity index (χ2n) is 18.0. The Kier molecular flexibility index (Phi) is 8.23. The molecule has 1 aliphatic heterocycles. The van der Waals surface area contributed by atoms with Crippen LogP contribution in [0.25, 0.3) is 0 Å². The maximum absolute atomic E-state index is 14.8. The molecule has 0 bridgehead atoms. The Morgan fingerprint density at radius 1 is 0.909 bits per heavy atom. The zero-order chi connectivity index (χ0) is 31.9. The highest BCUT2D eigenvalue weighted by atomic mass is 16.5. The van der Waals surface area contributed by atoms with E-state index in [1.807, 2.05) is 0 Å². The van der Waals surface area contributed by atoms with E-state index in [4.69, 9.17) is 4.74 Å². The van der Waals surface area contributed by atoms with E-state index in [9.17, 15) is 14.7 Å². The molecule has 5 fully saturated rings. The van der Waals surface area contributed by atoms with Crippen molar-refractivity contribution in [1.29, 1.82) is 0 Å². The first kappa shape index (κ1) is 32.6. The third-order valence-electron chi connectivity index (χ3n) is 16.1. The van der Waals surface area contributed by atoms with Crippen LogP contribution in [0.4, 0.5) is 0 Å². The molecule has 10 atom stereocenters. The molecule has 248 valence electrons. The van der Waals surface area contributed by atoms with Crippen LogP contribution < -0.4 is 0 Å². The fraction of sp³-hybridized carbons (Fsp3) is 0.897. The van der Waals surface area contributed by atoms with Crippen LogP contribution in [0.15, 0.2) is 11.6 Å². The largest absolute Gasteiger partial charge is 0.462 e. The molecule has 1 saturated heterocycles. The molecule has 5 aliphatic carbocycles. The Hall–Kier alpha value is -1.36. The number of hydrogen-bond acceptors (Lipinski definition) is 4. The van der Waals surface area contributed by atoms with E-state index in [0.717, 1.165) is 77.3 Å². The van der Waals surface area contributed by atoms with Crippen LogP contribution in [0.3, 0.4) is 0 Å². The first-order chi connectivity index (χ1) is 20.7. The van der Waals surface area contributed by atoms with Crippen molar-refractivity contribution in [3.05, 3.63) is 11.6 Å². The van der Waals surface area contributed by atoms with Crippen LogP contribution in [-0.4, -0.2) is 47.7 Å². The Balaban J connectivity index is 1.34. The minimum Gasteiger partial charge on any atom is -0.462 e. The van der Waals surface area contributed by atoms with Crippen LogP contribution in [0.2, 0.25) is 0 Å². The minimum absolute atomic E-state index is 0.00676. The molecule has 0 radical (unpaired) electrons. The number of esters is 1. The second-order valence-corrected chi connectivity index (χ2v) is 18.0. The number of hydrogen-bond donors (Lipinski definition) is 1. The molecule has 5 heteroatoms. The van der Waals surface area contributed by atoms with E-state index in [2.05, 4.69) is 59.4 Å². The lowest BCUT2D eigenvalue weighted by Gasteiger charge is -2.71. The number of rotatable bonds is 4. The van der Waals surface area contributed by atoms with Crippen molar-refractivity contribution in [3.8, 4) is 0 Å². The highest BCUT2D eigenvalue weighted by Gasteiger charge is 2.70. The van der Waals surface area contributed by atoms with Crippen LogP contribution >= 0.6 is 0 Å². The van der Waals surface area contributed by atoms with Crippen molar-refractivity contribution in [2.45, 2.75) is 139 Å². The zero-order valence-corrected chi connectivity index (χ0v) is 29.3. The summed E-state index contributed by atoms with van der Waals surface area (Å²) < 4.78 is 5.95. The molecular formula is C39H63NO4. The average molecular weight is 610 g/mol. The molecule has 0 aromatic rings. The van der Waals surface area contributed by atoms with Gasteiger partial charge in [-0.3, -0.25) is 9.59 Å². The fourth-order valence-electron chi connectivity index (χ4n) is 13.2. The summed E-state index contributed by atoms with van der Waals surface area (Å²) in [5.74, 6) is 3.50. The number of nitrogens with zero attached hydrogens (tertiary/aromatic N) is 1. The van der Waals surface area contributed by atoms with Crippen LogP contribution in [0.5, 0.6) is 0 Å². The molecule has 1 heterocycles. The first-order valence-electron chi connectivity index (χ1n) is 18.4. The third-order valence-corrected chi connectivity index (χ3v) is 16.1. The summed E-state index contributed by atoms with van der Waals surface area (Å²) >= 11 is 0. The Morgan fingerprint density at radius 3 is 2.27 bits per heavy atom. The van der Waals surface area contributed by atoms with Gasteiger partial charge in [-0.25, -0.2) is 0 Å². The number of aliphatic hydroxyl groups is 1. The van der Waals surface area contributed by atoms with Crippen LogP contribution in [0, 0.1) is 62.6 Å². The maximum Gasteiger partial charge on any atom is 0.302 e. The summed E-state index contributed by atoms with van der Waals surface area (Å²) in [7, 11) is 0. The summed E-state index contributed by atoms with van der Waals surface area (Å²) in [5, 5.41) is 9.49. The van der Waals surface area contributed by atoms with Gasteiger partial charge in [0.2, 0.25) is 5.91 Å². The highest BCUT2D eigenvalue weighted by Crippen LogP contribution is 2.76. The Bertz CT molecular complexity index is 1170. The van der Waals surface area contributed by atoms with E-state index in [1.165, 1.54) is 12.8 Å². The van der Waals surface area contributed by atoms with Gasteiger partial charge in [0.05, 0.1) is 5.41 Å². The summed E-state index contributed by atoms with van der Waals surface area (Å²) in [6.45, 7) is 21.1. The molecule has 5 nitrogen and oxygen atoms in total. The Morgan fingerprint density at radius 2 is 1.61 bits per heavy atom. The topological polar surface area (TPSA) is 66.8 Å². The molecule has 44 heavy (non-hydrogen) atoms. The van der Waals surface area contributed by atoms with Gasteiger partial charge in [0.15, 0.2) is 0 Å². The molecule has 4 saturated carbocycles. The van der Waals surface area contributed by atoms with Gasteiger partial charge in [-0.2, -0.15) is 0 Å². The number of fused-ring (bicyclic) bond motifs is 7. The molecular weight excluding hydrogens is 546 g/mol. The normalized spacial score (nSPS) is 46.9. The smallest absolute Gasteiger partial charge is 0.302 e. The van der Waals surface area contributed by atoms with Gasteiger partial charge >= 0.3 is 5.97 Å². The molecule has 6 rings (SSSR count). The number of allylic oxidation sites excluding steroid dienone is 2. The SMILES string of the molecule is CC(=O)O[C@H]1CC[C@]2(C)[C@H]3CC=C4[C@@H]5[C@@H](C)[C@H](C)CC[C@]5(C(=O)N5CCC(CCO)CC5)CC[C@@]4(C)[C@]3(C)CC[C@H]2C1(C)C. The van der Waals surface area contributed by atoms with E-state index in [1.54, 1.807) is 12.5 Å².